The molecule has 0 fully saturated rings. The molecule has 0 aliphatic carbocycles. The van der Waals surface area contributed by atoms with Crippen LogP contribution in [0, 0.1) is 0 Å². The number of ether oxygens (including phenoxy) is 1. The first-order valence-corrected chi connectivity index (χ1v) is 3.75. The lowest BCUT2D eigenvalue weighted by molar-refractivity contribution is -0.142. The molecule has 0 bridgehead atoms. The first-order valence-electron chi connectivity index (χ1n) is 3.75. The SMILES string of the molecule is COC(=O)CCC(=O)C(C)N=[N+]=[N-]. The number of carbonyl (C=O) groups is 2. The molecule has 0 spiro atoms. The van der Waals surface area contributed by atoms with Crippen LogP contribution in [-0.2, 0) is 14.3 Å². The van der Waals surface area contributed by atoms with Crippen molar-refractivity contribution >= 4 is 11.8 Å². The van der Waals surface area contributed by atoms with E-state index in [1.807, 2.05) is 0 Å². The van der Waals surface area contributed by atoms with E-state index in [0.717, 1.165) is 0 Å². The average Bonchev–Trinajstić information content (AvgIpc) is 2.13. The number of hydrogen-bond donors (Lipinski definition) is 0. The van der Waals surface area contributed by atoms with Gasteiger partial charge in [0, 0.05) is 11.3 Å². The molecule has 13 heavy (non-hydrogen) atoms. The number of rotatable bonds is 5. The Bertz CT molecular complexity index is 245. The minimum absolute atomic E-state index is 0.0284. The molecule has 1 atom stereocenters. The second-order valence-electron chi connectivity index (χ2n) is 2.42. The summed E-state index contributed by atoms with van der Waals surface area (Å²) in [5.74, 6) is -0.704. The van der Waals surface area contributed by atoms with E-state index in [2.05, 4.69) is 14.8 Å². The monoisotopic (exact) mass is 185 g/mol. The summed E-state index contributed by atoms with van der Waals surface area (Å²) in [5.41, 5.74) is 8.02. The van der Waals surface area contributed by atoms with Crippen LogP contribution in [0.15, 0.2) is 5.11 Å². The van der Waals surface area contributed by atoms with E-state index in [4.69, 9.17) is 5.53 Å². The summed E-state index contributed by atoms with van der Waals surface area (Å²) in [7, 11) is 1.25. The predicted octanol–water partition coefficient (Wildman–Crippen LogP) is 1.21. The molecule has 0 N–H and O–H groups in total. The molecule has 0 aromatic heterocycles. The van der Waals surface area contributed by atoms with E-state index in [1.165, 1.54) is 14.0 Å². The van der Waals surface area contributed by atoms with Crippen molar-refractivity contribution in [1.82, 2.24) is 0 Å². The van der Waals surface area contributed by atoms with Crippen molar-refractivity contribution in [3.8, 4) is 0 Å². The maximum atomic E-state index is 11.1. The summed E-state index contributed by atoms with van der Waals surface area (Å²) in [6, 6.07) is -0.713. The Hall–Kier alpha value is -1.55. The summed E-state index contributed by atoms with van der Waals surface area (Å²) >= 11 is 0. The Kier molecular flexibility index (Phi) is 5.30. The molecule has 0 aromatic carbocycles. The number of esters is 1. The van der Waals surface area contributed by atoms with Crippen LogP contribution in [0.1, 0.15) is 19.8 Å². The number of methoxy groups -OCH3 is 1. The first kappa shape index (κ1) is 11.4. The molecule has 1 unspecified atom stereocenters. The van der Waals surface area contributed by atoms with E-state index in [0.29, 0.717) is 0 Å². The van der Waals surface area contributed by atoms with Gasteiger partial charge in [0.25, 0.3) is 0 Å². The van der Waals surface area contributed by atoms with Crippen molar-refractivity contribution in [2.45, 2.75) is 25.8 Å². The number of hydrogen-bond acceptors (Lipinski definition) is 4. The smallest absolute Gasteiger partial charge is 0.305 e. The molecule has 0 radical (unpaired) electrons. The van der Waals surface area contributed by atoms with Crippen molar-refractivity contribution in [2.24, 2.45) is 5.11 Å². The molecule has 0 aliphatic heterocycles. The normalized spacial score (nSPS) is 11.2. The fourth-order valence-corrected chi connectivity index (χ4v) is 0.678. The first-order chi connectivity index (χ1) is 6.11. The highest BCUT2D eigenvalue weighted by molar-refractivity contribution is 5.86. The highest BCUT2D eigenvalue weighted by Crippen LogP contribution is 2.00. The van der Waals surface area contributed by atoms with Crippen LogP contribution < -0.4 is 0 Å². The molecule has 6 heteroatoms. The molecule has 0 rings (SSSR count). The summed E-state index contributed by atoms with van der Waals surface area (Å²) in [4.78, 5) is 24.2. The predicted molar refractivity (Wildman–Crippen MR) is 44.9 cm³/mol. The Morgan fingerprint density at radius 1 is 1.54 bits per heavy atom. The van der Waals surface area contributed by atoms with Crippen LogP contribution >= 0.6 is 0 Å². The Labute approximate surface area is 75.5 Å². The lowest BCUT2D eigenvalue weighted by Gasteiger charge is -2.01. The zero-order valence-electron chi connectivity index (χ0n) is 7.56. The van der Waals surface area contributed by atoms with Gasteiger partial charge >= 0.3 is 5.97 Å². The lowest BCUT2D eigenvalue weighted by atomic mass is 10.1. The summed E-state index contributed by atoms with van der Waals surface area (Å²) in [5, 5.41) is 3.21. The third kappa shape index (κ3) is 4.81. The Morgan fingerprint density at radius 2 is 2.15 bits per heavy atom. The van der Waals surface area contributed by atoms with Gasteiger partial charge in [-0.1, -0.05) is 5.11 Å². The van der Waals surface area contributed by atoms with E-state index in [9.17, 15) is 9.59 Å². The van der Waals surface area contributed by atoms with Gasteiger partial charge < -0.3 is 4.74 Å². The third-order valence-electron chi connectivity index (χ3n) is 1.49. The molecule has 0 amide bonds. The van der Waals surface area contributed by atoms with Crippen LogP contribution in [0.25, 0.3) is 10.4 Å². The largest absolute Gasteiger partial charge is 0.469 e. The van der Waals surface area contributed by atoms with Crippen molar-refractivity contribution < 1.29 is 14.3 Å². The Morgan fingerprint density at radius 3 is 2.62 bits per heavy atom. The van der Waals surface area contributed by atoms with Crippen molar-refractivity contribution in [3.63, 3.8) is 0 Å². The van der Waals surface area contributed by atoms with Gasteiger partial charge in [-0.05, 0) is 12.5 Å². The third-order valence-corrected chi connectivity index (χ3v) is 1.49. The number of carbonyl (C=O) groups excluding carboxylic acids is 2. The molecule has 72 valence electrons. The maximum absolute atomic E-state index is 11.1. The van der Waals surface area contributed by atoms with Crippen LogP contribution in [0.5, 0.6) is 0 Å². The molecule has 0 aliphatic rings. The second-order valence-corrected chi connectivity index (χ2v) is 2.42. The zero-order chi connectivity index (χ0) is 10.3. The van der Waals surface area contributed by atoms with Gasteiger partial charge in [-0.2, -0.15) is 0 Å². The van der Waals surface area contributed by atoms with Gasteiger partial charge in [0.2, 0.25) is 0 Å². The fraction of sp³-hybridized carbons (Fsp3) is 0.714. The van der Waals surface area contributed by atoms with Gasteiger partial charge in [-0.25, -0.2) is 0 Å². The van der Waals surface area contributed by atoms with Crippen molar-refractivity contribution in [1.29, 1.82) is 0 Å². The molecule has 0 saturated heterocycles. The van der Waals surface area contributed by atoms with Crippen molar-refractivity contribution in [3.05, 3.63) is 10.4 Å². The zero-order valence-corrected chi connectivity index (χ0v) is 7.56. The number of azide groups is 1. The van der Waals surface area contributed by atoms with E-state index in [-0.39, 0.29) is 18.6 Å². The van der Waals surface area contributed by atoms with E-state index >= 15 is 0 Å². The highest BCUT2D eigenvalue weighted by atomic mass is 16.5. The number of nitrogens with zero attached hydrogens (tertiary/aromatic N) is 3. The molecular formula is C7H11N3O3. The summed E-state index contributed by atoms with van der Waals surface area (Å²) in [6.07, 6.45) is 0.0769. The van der Waals surface area contributed by atoms with E-state index in [1.54, 1.807) is 0 Å². The standard InChI is InChI=1S/C7H11N3O3/c1-5(9-10-8)6(11)3-4-7(12)13-2/h5H,3-4H2,1-2H3. The number of ketones is 1. The minimum Gasteiger partial charge on any atom is -0.469 e. The lowest BCUT2D eigenvalue weighted by Crippen LogP contribution is -2.15. The second kappa shape index (κ2) is 6.02. The topological polar surface area (TPSA) is 92.1 Å². The molecular weight excluding hydrogens is 174 g/mol. The Balaban J connectivity index is 3.87. The van der Waals surface area contributed by atoms with Gasteiger partial charge in [-0.15, -0.1) is 0 Å². The van der Waals surface area contributed by atoms with Gasteiger partial charge in [0.05, 0.1) is 19.6 Å². The molecule has 0 heterocycles. The van der Waals surface area contributed by atoms with Crippen LogP contribution in [0.2, 0.25) is 0 Å². The maximum Gasteiger partial charge on any atom is 0.305 e. The highest BCUT2D eigenvalue weighted by Gasteiger charge is 2.12. The van der Waals surface area contributed by atoms with Gasteiger partial charge in [0.15, 0.2) is 0 Å². The van der Waals surface area contributed by atoms with Gasteiger partial charge in [0.1, 0.15) is 5.78 Å². The van der Waals surface area contributed by atoms with Gasteiger partial charge in [-0.3, -0.25) is 9.59 Å². The van der Waals surface area contributed by atoms with Crippen LogP contribution in [0.3, 0.4) is 0 Å². The van der Waals surface area contributed by atoms with Crippen LogP contribution in [0.4, 0.5) is 0 Å². The molecule has 6 nitrogen and oxygen atoms in total. The van der Waals surface area contributed by atoms with E-state index < -0.39 is 12.0 Å². The fourth-order valence-electron chi connectivity index (χ4n) is 0.678. The van der Waals surface area contributed by atoms with Crippen molar-refractivity contribution in [2.75, 3.05) is 7.11 Å². The minimum atomic E-state index is -0.713. The quantitative estimate of drug-likeness (QED) is 0.279. The summed E-state index contributed by atoms with van der Waals surface area (Å²) in [6.45, 7) is 1.49. The average molecular weight is 185 g/mol. The van der Waals surface area contributed by atoms with Crippen LogP contribution in [-0.4, -0.2) is 24.9 Å². The molecule has 0 saturated carbocycles. The summed E-state index contributed by atoms with van der Waals surface area (Å²) < 4.78 is 4.35. The molecule has 0 aromatic rings. The number of Topliss-reactive ketones (excluding diaryl/α,β-unsaturated/α-hetero) is 1.